The molecular weight excluding hydrogens is 206 g/mol. The average molecular weight is 212 g/mol. The fourth-order valence-electron chi connectivity index (χ4n) is 0.827. The molecule has 0 saturated heterocycles. The maximum atomic E-state index is 9.18. The molecule has 0 saturated carbocycles. The van der Waals surface area contributed by atoms with Gasteiger partial charge in [-0.2, -0.15) is 5.26 Å². The molecule has 56 valence electrons. The second kappa shape index (κ2) is 3.40. The minimum absolute atomic E-state index is 0.0458. The Morgan fingerprint density at radius 2 is 2.27 bits per heavy atom. The summed E-state index contributed by atoms with van der Waals surface area (Å²) in [6.45, 7) is 0. The van der Waals surface area contributed by atoms with Crippen LogP contribution >= 0.6 is 15.9 Å². The van der Waals surface area contributed by atoms with Crippen molar-refractivity contribution in [3.63, 3.8) is 0 Å². The molecule has 0 bridgehead atoms. The van der Waals surface area contributed by atoms with Crippen molar-refractivity contribution in [3.05, 3.63) is 29.3 Å². The first kappa shape index (κ1) is 8.09. The normalized spacial score (nSPS) is 9.09. The molecule has 0 amide bonds. The minimum Gasteiger partial charge on any atom is -0.507 e. The third kappa shape index (κ3) is 1.52. The summed E-state index contributed by atoms with van der Waals surface area (Å²) in [5.41, 5.74) is 1.16. The number of nitrogens with zero attached hydrogens (tertiary/aromatic N) is 1. The van der Waals surface area contributed by atoms with Crippen molar-refractivity contribution in [1.82, 2.24) is 0 Å². The van der Waals surface area contributed by atoms with Gasteiger partial charge in [0.2, 0.25) is 0 Å². The van der Waals surface area contributed by atoms with Gasteiger partial charge in [0.05, 0.1) is 5.56 Å². The molecule has 0 atom stereocenters. The Labute approximate surface area is 73.2 Å². The lowest BCUT2D eigenvalue weighted by atomic mass is 10.1. The molecule has 0 spiro atoms. The molecule has 1 aromatic carbocycles. The van der Waals surface area contributed by atoms with E-state index in [0.717, 1.165) is 5.56 Å². The van der Waals surface area contributed by atoms with Gasteiger partial charge in [0.1, 0.15) is 11.8 Å². The van der Waals surface area contributed by atoms with E-state index in [9.17, 15) is 5.11 Å². The molecule has 0 aliphatic carbocycles. The van der Waals surface area contributed by atoms with E-state index in [2.05, 4.69) is 15.9 Å². The van der Waals surface area contributed by atoms with E-state index in [0.29, 0.717) is 10.9 Å². The quantitative estimate of drug-likeness (QED) is 0.724. The SMILES string of the molecule is N#Cc1c(O)cccc1CBr. The van der Waals surface area contributed by atoms with Gasteiger partial charge >= 0.3 is 0 Å². The lowest BCUT2D eigenvalue weighted by molar-refractivity contribution is 0.473. The molecule has 1 aromatic rings. The van der Waals surface area contributed by atoms with Crippen molar-refractivity contribution in [2.75, 3.05) is 0 Å². The summed E-state index contributed by atoms with van der Waals surface area (Å²) in [5.74, 6) is 0.0458. The standard InChI is InChI=1S/C8H6BrNO/c9-4-6-2-1-3-8(11)7(6)5-10/h1-3,11H,4H2. The van der Waals surface area contributed by atoms with Gasteiger partial charge in [-0.3, -0.25) is 0 Å². The Kier molecular flexibility index (Phi) is 2.50. The summed E-state index contributed by atoms with van der Waals surface area (Å²) in [5, 5.41) is 18.4. The molecule has 0 unspecified atom stereocenters. The number of hydrogen-bond acceptors (Lipinski definition) is 2. The lowest BCUT2D eigenvalue weighted by Crippen LogP contribution is -1.84. The fourth-order valence-corrected chi connectivity index (χ4v) is 1.29. The van der Waals surface area contributed by atoms with Crippen LogP contribution in [0.25, 0.3) is 0 Å². The molecule has 3 heteroatoms. The highest BCUT2D eigenvalue weighted by molar-refractivity contribution is 9.08. The van der Waals surface area contributed by atoms with Gasteiger partial charge in [0.15, 0.2) is 0 Å². The summed E-state index contributed by atoms with van der Waals surface area (Å²) >= 11 is 3.22. The van der Waals surface area contributed by atoms with Crippen LogP contribution in [-0.4, -0.2) is 5.11 Å². The van der Waals surface area contributed by atoms with Crippen LogP contribution in [0.5, 0.6) is 5.75 Å². The van der Waals surface area contributed by atoms with Gasteiger partial charge in [-0.1, -0.05) is 28.1 Å². The molecule has 11 heavy (non-hydrogen) atoms. The zero-order chi connectivity index (χ0) is 8.27. The van der Waals surface area contributed by atoms with Crippen molar-refractivity contribution in [2.45, 2.75) is 5.33 Å². The second-order valence-corrected chi connectivity index (χ2v) is 2.62. The third-order valence-corrected chi connectivity index (χ3v) is 1.99. The largest absolute Gasteiger partial charge is 0.507 e. The number of phenolic OH excluding ortho intramolecular Hbond substituents is 1. The van der Waals surface area contributed by atoms with Gasteiger partial charge in [0.25, 0.3) is 0 Å². The van der Waals surface area contributed by atoms with Crippen LogP contribution in [0.15, 0.2) is 18.2 Å². The molecule has 0 heterocycles. The first-order valence-corrected chi connectivity index (χ1v) is 4.18. The van der Waals surface area contributed by atoms with Crippen LogP contribution in [0, 0.1) is 11.3 Å². The molecule has 1 rings (SSSR count). The van der Waals surface area contributed by atoms with E-state index >= 15 is 0 Å². The summed E-state index contributed by atoms with van der Waals surface area (Å²) in [4.78, 5) is 0. The second-order valence-electron chi connectivity index (χ2n) is 2.06. The maximum absolute atomic E-state index is 9.18. The number of rotatable bonds is 1. The van der Waals surface area contributed by atoms with E-state index < -0.39 is 0 Å². The third-order valence-electron chi connectivity index (χ3n) is 1.38. The Morgan fingerprint density at radius 1 is 1.55 bits per heavy atom. The molecule has 1 N–H and O–H groups in total. The highest BCUT2D eigenvalue weighted by atomic mass is 79.9. The minimum atomic E-state index is 0.0458. The molecule has 0 aliphatic heterocycles. The molecular formula is C8H6BrNO. The summed E-state index contributed by atoms with van der Waals surface area (Å²) in [6, 6.07) is 6.95. The van der Waals surface area contributed by atoms with Crippen molar-refractivity contribution in [2.24, 2.45) is 0 Å². The number of benzene rings is 1. The molecule has 2 nitrogen and oxygen atoms in total. The highest BCUT2D eigenvalue weighted by Gasteiger charge is 2.03. The van der Waals surface area contributed by atoms with Gasteiger partial charge in [-0.05, 0) is 11.6 Å². The lowest BCUT2D eigenvalue weighted by Gasteiger charge is -1.99. The molecule has 0 radical (unpaired) electrons. The van der Waals surface area contributed by atoms with Crippen molar-refractivity contribution in [3.8, 4) is 11.8 Å². The zero-order valence-electron chi connectivity index (χ0n) is 5.71. The number of nitriles is 1. The monoisotopic (exact) mass is 211 g/mol. The van der Waals surface area contributed by atoms with E-state index in [1.165, 1.54) is 6.07 Å². The predicted octanol–water partition coefficient (Wildman–Crippen LogP) is 2.16. The van der Waals surface area contributed by atoms with Gasteiger partial charge in [-0.15, -0.1) is 0 Å². The summed E-state index contributed by atoms with van der Waals surface area (Å²) in [6.07, 6.45) is 0. The zero-order valence-corrected chi connectivity index (χ0v) is 7.30. The van der Waals surface area contributed by atoms with E-state index in [4.69, 9.17) is 5.26 Å². The Bertz CT molecular complexity index is 303. The maximum Gasteiger partial charge on any atom is 0.133 e. The van der Waals surface area contributed by atoms with Gasteiger partial charge < -0.3 is 5.11 Å². The van der Waals surface area contributed by atoms with Crippen LogP contribution in [-0.2, 0) is 5.33 Å². The highest BCUT2D eigenvalue weighted by Crippen LogP contribution is 2.21. The number of halogens is 1. The van der Waals surface area contributed by atoms with Crippen LogP contribution in [0.3, 0.4) is 0 Å². The van der Waals surface area contributed by atoms with Crippen molar-refractivity contribution >= 4 is 15.9 Å². The fraction of sp³-hybridized carbons (Fsp3) is 0.125. The molecule has 0 aromatic heterocycles. The predicted molar refractivity (Wildman–Crippen MR) is 45.5 cm³/mol. The first-order valence-electron chi connectivity index (χ1n) is 3.06. The van der Waals surface area contributed by atoms with E-state index in [-0.39, 0.29) is 5.75 Å². The Balaban J connectivity index is 3.27. The van der Waals surface area contributed by atoms with Crippen molar-refractivity contribution in [1.29, 1.82) is 5.26 Å². The Hall–Kier alpha value is -1.01. The van der Waals surface area contributed by atoms with Crippen molar-refractivity contribution < 1.29 is 5.11 Å². The summed E-state index contributed by atoms with van der Waals surface area (Å²) < 4.78 is 0. The molecule has 0 fully saturated rings. The smallest absolute Gasteiger partial charge is 0.133 e. The van der Waals surface area contributed by atoms with Crippen LogP contribution in [0.2, 0.25) is 0 Å². The van der Waals surface area contributed by atoms with Gasteiger partial charge in [0, 0.05) is 5.33 Å². The number of alkyl halides is 1. The first-order chi connectivity index (χ1) is 5.29. The van der Waals surface area contributed by atoms with Crippen LogP contribution in [0.4, 0.5) is 0 Å². The van der Waals surface area contributed by atoms with E-state index in [1.807, 2.05) is 6.07 Å². The number of aromatic hydroxyl groups is 1. The van der Waals surface area contributed by atoms with Crippen LogP contribution in [0.1, 0.15) is 11.1 Å². The van der Waals surface area contributed by atoms with Gasteiger partial charge in [-0.25, -0.2) is 0 Å². The number of hydrogen-bond donors (Lipinski definition) is 1. The van der Waals surface area contributed by atoms with Crippen LogP contribution < -0.4 is 0 Å². The summed E-state index contributed by atoms with van der Waals surface area (Å²) in [7, 11) is 0. The average Bonchev–Trinajstić information content (AvgIpc) is 2.04. The molecule has 0 aliphatic rings. The Morgan fingerprint density at radius 3 is 2.73 bits per heavy atom. The van der Waals surface area contributed by atoms with E-state index in [1.54, 1.807) is 12.1 Å². The number of phenols is 1. The topological polar surface area (TPSA) is 44.0 Å².